The van der Waals surface area contributed by atoms with Gasteiger partial charge in [0.25, 0.3) is 0 Å². The summed E-state index contributed by atoms with van der Waals surface area (Å²) in [4.78, 5) is 12.2. The largest absolute Gasteiger partial charge is 0.391 e. The molecule has 1 fully saturated rings. The van der Waals surface area contributed by atoms with Crippen LogP contribution in [-0.2, 0) is 4.79 Å². The Morgan fingerprint density at radius 1 is 1.32 bits per heavy atom. The van der Waals surface area contributed by atoms with E-state index < -0.39 is 12.1 Å². The summed E-state index contributed by atoms with van der Waals surface area (Å²) >= 11 is 3.48. The molecule has 0 aromatic heterocycles. The summed E-state index contributed by atoms with van der Waals surface area (Å²) in [5.74, 6) is -1.55. The van der Waals surface area contributed by atoms with Crippen LogP contribution in [0.3, 0.4) is 0 Å². The summed E-state index contributed by atoms with van der Waals surface area (Å²) in [6, 6.07) is 0. The van der Waals surface area contributed by atoms with Crippen LogP contribution >= 0.6 is 15.9 Å². The van der Waals surface area contributed by atoms with Crippen LogP contribution in [0.1, 0.15) is 45.4 Å². The van der Waals surface area contributed by atoms with Gasteiger partial charge < -0.3 is 5.32 Å². The highest BCUT2D eigenvalue weighted by Gasteiger charge is 2.42. The van der Waals surface area contributed by atoms with Crippen LogP contribution in [0.4, 0.5) is 13.2 Å². The van der Waals surface area contributed by atoms with Gasteiger partial charge in [-0.1, -0.05) is 22.9 Å². The molecular formula is C13H21BrF3NO. The summed E-state index contributed by atoms with van der Waals surface area (Å²) in [5, 5.41) is 2.82. The lowest BCUT2D eigenvalue weighted by molar-refractivity contribution is -0.184. The second kappa shape index (κ2) is 7.50. The maximum Gasteiger partial charge on any atom is 0.391 e. The minimum Gasteiger partial charge on any atom is -0.356 e. The van der Waals surface area contributed by atoms with Gasteiger partial charge in [0.1, 0.15) is 0 Å². The first kappa shape index (κ1) is 16.8. The highest BCUT2D eigenvalue weighted by molar-refractivity contribution is 9.09. The number of hydrogen-bond donors (Lipinski definition) is 1. The average molecular weight is 344 g/mol. The third kappa shape index (κ3) is 5.71. The van der Waals surface area contributed by atoms with Crippen molar-refractivity contribution in [2.45, 2.75) is 56.5 Å². The van der Waals surface area contributed by atoms with E-state index >= 15 is 0 Å². The van der Waals surface area contributed by atoms with Crippen molar-refractivity contribution in [2.75, 3.05) is 6.54 Å². The van der Waals surface area contributed by atoms with E-state index in [1.165, 1.54) is 0 Å². The molecule has 0 radical (unpaired) electrons. The van der Waals surface area contributed by atoms with Gasteiger partial charge in [-0.05, 0) is 38.5 Å². The zero-order valence-electron chi connectivity index (χ0n) is 11.1. The van der Waals surface area contributed by atoms with Crippen molar-refractivity contribution in [1.82, 2.24) is 5.32 Å². The van der Waals surface area contributed by atoms with Crippen molar-refractivity contribution in [1.29, 1.82) is 0 Å². The normalized spacial score (nSPS) is 25.9. The molecule has 0 saturated heterocycles. The SMILES string of the molecule is CCC(Br)CCNC(=O)C1CCC(C(F)(F)F)CC1. The molecule has 19 heavy (non-hydrogen) atoms. The number of hydrogen-bond acceptors (Lipinski definition) is 1. The zero-order chi connectivity index (χ0) is 14.5. The monoisotopic (exact) mass is 343 g/mol. The van der Waals surface area contributed by atoms with E-state index in [9.17, 15) is 18.0 Å². The van der Waals surface area contributed by atoms with Crippen molar-refractivity contribution in [3.05, 3.63) is 0 Å². The molecule has 1 rings (SSSR count). The van der Waals surface area contributed by atoms with Crippen LogP contribution in [0.5, 0.6) is 0 Å². The predicted molar refractivity (Wildman–Crippen MR) is 72.1 cm³/mol. The van der Waals surface area contributed by atoms with Crippen LogP contribution in [-0.4, -0.2) is 23.5 Å². The number of carbonyl (C=O) groups is 1. The van der Waals surface area contributed by atoms with Crippen LogP contribution < -0.4 is 5.32 Å². The third-order valence-electron chi connectivity index (χ3n) is 3.76. The molecule has 0 heterocycles. The van der Waals surface area contributed by atoms with Crippen molar-refractivity contribution in [2.24, 2.45) is 11.8 Å². The van der Waals surface area contributed by atoms with Gasteiger partial charge in [0.05, 0.1) is 5.92 Å². The molecule has 112 valence electrons. The number of nitrogens with one attached hydrogen (secondary N) is 1. The first-order valence-electron chi connectivity index (χ1n) is 6.83. The van der Waals surface area contributed by atoms with Crippen molar-refractivity contribution in [3.8, 4) is 0 Å². The molecule has 1 aliphatic carbocycles. The van der Waals surface area contributed by atoms with Gasteiger partial charge in [-0.2, -0.15) is 13.2 Å². The summed E-state index contributed by atoms with van der Waals surface area (Å²) < 4.78 is 37.5. The van der Waals surface area contributed by atoms with Gasteiger partial charge in [-0.25, -0.2) is 0 Å². The number of amides is 1. The van der Waals surface area contributed by atoms with E-state index in [1.54, 1.807) is 0 Å². The summed E-state index contributed by atoms with van der Waals surface area (Å²) in [5.41, 5.74) is 0. The van der Waals surface area contributed by atoms with E-state index in [4.69, 9.17) is 0 Å². The van der Waals surface area contributed by atoms with Crippen LogP contribution in [0.25, 0.3) is 0 Å². The van der Waals surface area contributed by atoms with Gasteiger partial charge in [0.2, 0.25) is 5.91 Å². The highest BCUT2D eigenvalue weighted by Crippen LogP contribution is 2.39. The molecule has 6 heteroatoms. The number of carbonyl (C=O) groups excluding carboxylic acids is 1. The standard InChI is InChI=1S/C13H21BrF3NO/c1-2-11(14)7-8-18-12(19)9-3-5-10(6-4-9)13(15,16)17/h9-11H,2-8H2,1H3,(H,18,19). The van der Waals surface area contributed by atoms with E-state index in [0.717, 1.165) is 12.8 Å². The quantitative estimate of drug-likeness (QED) is 0.750. The van der Waals surface area contributed by atoms with E-state index in [1.807, 2.05) is 0 Å². The Morgan fingerprint density at radius 3 is 2.37 bits per heavy atom. The highest BCUT2D eigenvalue weighted by atomic mass is 79.9. The Morgan fingerprint density at radius 2 is 1.89 bits per heavy atom. The lowest BCUT2D eigenvalue weighted by atomic mass is 9.81. The van der Waals surface area contributed by atoms with Crippen molar-refractivity contribution >= 4 is 21.8 Å². The van der Waals surface area contributed by atoms with Crippen LogP contribution in [0.15, 0.2) is 0 Å². The van der Waals surface area contributed by atoms with Crippen LogP contribution in [0, 0.1) is 11.8 Å². The number of alkyl halides is 4. The fourth-order valence-electron chi connectivity index (χ4n) is 2.38. The van der Waals surface area contributed by atoms with E-state index in [-0.39, 0.29) is 24.7 Å². The lowest BCUT2D eigenvalue weighted by Gasteiger charge is -2.29. The molecule has 1 saturated carbocycles. The van der Waals surface area contributed by atoms with Crippen molar-refractivity contribution in [3.63, 3.8) is 0 Å². The fourth-order valence-corrected chi connectivity index (χ4v) is 2.61. The molecule has 0 aromatic carbocycles. The molecule has 0 spiro atoms. The minimum atomic E-state index is -4.11. The third-order valence-corrected chi connectivity index (χ3v) is 4.87. The number of rotatable bonds is 5. The maximum atomic E-state index is 12.5. The molecule has 0 aliphatic heterocycles. The second-order valence-electron chi connectivity index (χ2n) is 5.18. The fraction of sp³-hybridized carbons (Fsp3) is 0.923. The average Bonchev–Trinajstić information content (AvgIpc) is 2.37. The first-order chi connectivity index (χ1) is 8.84. The summed E-state index contributed by atoms with van der Waals surface area (Å²) in [7, 11) is 0. The maximum absolute atomic E-state index is 12.5. The Labute approximate surface area is 120 Å². The molecule has 2 nitrogen and oxygen atoms in total. The van der Waals surface area contributed by atoms with Gasteiger partial charge in [0, 0.05) is 17.3 Å². The molecule has 1 atom stereocenters. The molecule has 1 amide bonds. The summed E-state index contributed by atoms with van der Waals surface area (Å²) in [6.45, 7) is 2.64. The Kier molecular flexibility index (Phi) is 6.63. The Bertz CT molecular complexity index is 288. The molecule has 0 bridgehead atoms. The zero-order valence-corrected chi connectivity index (χ0v) is 12.7. The molecular weight excluding hydrogens is 323 g/mol. The van der Waals surface area contributed by atoms with Crippen molar-refractivity contribution < 1.29 is 18.0 Å². The molecule has 0 aromatic rings. The molecule has 1 unspecified atom stereocenters. The molecule has 1 N–H and O–H groups in total. The summed E-state index contributed by atoms with van der Waals surface area (Å²) in [6.07, 6.45) is -1.41. The van der Waals surface area contributed by atoms with E-state index in [0.29, 0.717) is 24.2 Å². The second-order valence-corrected chi connectivity index (χ2v) is 6.47. The Hall–Kier alpha value is -0.260. The van der Waals surface area contributed by atoms with E-state index in [2.05, 4.69) is 28.2 Å². The number of halogens is 4. The van der Waals surface area contributed by atoms with Gasteiger partial charge in [0.15, 0.2) is 0 Å². The first-order valence-corrected chi connectivity index (χ1v) is 7.74. The minimum absolute atomic E-state index is 0.0810. The topological polar surface area (TPSA) is 29.1 Å². The lowest BCUT2D eigenvalue weighted by Crippen LogP contribution is -2.36. The van der Waals surface area contributed by atoms with Gasteiger partial charge in [-0.15, -0.1) is 0 Å². The van der Waals surface area contributed by atoms with Gasteiger partial charge in [-0.3, -0.25) is 4.79 Å². The predicted octanol–water partition coefficient (Wildman–Crippen LogP) is 4.03. The van der Waals surface area contributed by atoms with Gasteiger partial charge >= 0.3 is 6.18 Å². The smallest absolute Gasteiger partial charge is 0.356 e. The molecule has 1 aliphatic rings. The Balaban J connectivity index is 2.25. The van der Waals surface area contributed by atoms with Crippen LogP contribution in [0.2, 0.25) is 0 Å².